The largest absolute Gasteiger partial charge is 0.462 e. The molecule has 1 rings (SSSR count). The molecule has 0 fully saturated rings. The molecule has 0 aliphatic rings. The molecule has 0 aliphatic heterocycles. The van der Waals surface area contributed by atoms with Gasteiger partial charge in [-0.25, -0.2) is 9.59 Å². The highest BCUT2D eigenvalue weighted by molar-refractivity contribution is 7.86. The second-order valence-electron chi connectivity index (χ2n) is 3.87. The monoisotopic (exact) mass is 339 g/mol. The average molecular weight is 339 g/mol. The van der Waals surface area contributed by atoms with Crippen LogP contribution in [0.25, 0.3) is 0 Å². The number of halogens is 2. The second kappa shape index (κ2) is 6.75. The first-order valence-electron chi connectivity index (χ1n) is 5.72. The van der Waals surface area contributed by atoms with Gasteiger partial charge in [0, 0.05) is 12.4 Å². The highest BCUT2D eigenvalue weighted by Gasteiger charge is 2.45. The van der Waals surface area contributed by atoms with Gasteiger partial charge in [0.15, 0.2) is 6.61 Å². The fourth-order valence-corrected chi connectivity index (χ4v) is 1.39. The van der Waals surface area contributed by atoms with Crippen molar-refractivity contribution in [2.45, 2.75) is 12.2 Å². The van der Waals surface area contributed by atoms with Crippen LogP contribution < -0.4 is 0 Å². The zero-order valence-corrected chi connectivity index (χ0v) is 12.0. The summed E-state index contributed by atoms with van der Waals surface area (Å²) in [5.41, 5.74) is -0.477. The van der Waals surface area contributed by atoms with Crippen molar-refractivity contribution < 1.29 is 40.8 Å². The Balaban J connectivity index is 2.83. The third-order valence-electron chi connectivity index (χ3n) is 2.23. The molecule has 1 N–H and O–H groups in total. The van der Waals surface area contributed by atoms with Gasteiger partial charge in [0.25, 0.3) is 0 Å². The number of aromatic nitrogens is 1. The van der Waals surface area contributed by atoms with Crippen molar-refractivity contribution >= 4 is 22.1 Å². The van der Waals surface area contributed by atoms with Crippen LogP contribution in [0.3, 0.4) is 0 Å². The third-order valence-corrected chi connectivity index (χ3v) is 3.11. The standard InChI is InChI=1S/C11H11F2NO7S/c1-2-20-9(15)7-3-8(5-14-4-7)10(16)21-6-11(12,13)22(17,18)19/h3-5H,2,6H2,1H3,(H,17,18,19). The maximum atomic E-state index is 12.9. The molecule has 1 aromatic heterocycles. The number of hydrogen-bond acceptors (Lipinski definition) is 7. The summed E-state index contributed by atoms with van der Waals surface area (Å²) in [4.78, 5) is 26.5. The number of pyridine rings is 1. The second-order valence-corrected chi connectivity index (χ2v) is 5.42. The Morgan fingerprint density at radius 2 is 1.73 bits per heavy atom. The van der Waals surface area contributed by atoms with E-state index in [0.29, 0.717) is 0 Å². The minimum Gasteiger partial charge on any atom is -0.462 e. The van der Waals surface area contributed by atoms with E-state index in [-0.39, 0.29) is 17.7 Å². The van der Waals surface area contributed by atoms with E-state index >= 15 is 0 Å². The molecule has 1 aromatic rings. The Morgan fingerprint density at radius 3 is 2.18 bits per heavy atom. The number of alkyl halides is 2. The minimum absolute atomic E-state index is 0.0775. The fraction of sp³-hybridized carbons (Fsp3) is 0.364. The highest BCUT2D eigenvalue weighted by atomic mass is 32.2. The third kappa shape index (κ3) is 4.43. The van der Waals surface area contributed by atoms with Crippen LogP contribution in [0.5, 0.6) is 0 Å². The first-order valence-corrected chi connectivity index (χ1v) is 7.16. The fourth-order valence-electron chi connectivity index (χ4n) is 1.18. The minimum atomic E-state index is -5.71. The van der Waals surface area contributed by atoms with Gasteiger partial charge in [0.1, 0.15) is 0 Å². The topological polar surface area (TPSA) is 120 Å². The molecule has 0 amide bonds. The Labute approximate surface area is 123 Å². The Morgan fingerprint density at radius 1 is 1.23 bits per heavy atom. The normalized spacial score (nSPS) is 11.8. The van der Waals surface area contributed by atoms with Crippen molar-refractivity contribution in [1.29, 1.82) is 0 Å². The van der Waals surface area contributed by atoms with Gasteiger partial charge >= 0.3 is 27.3 Å². The molecule has 0 radical (unpaired) electrons. The Kier molecular flexibility index (Phi) is 5.49. The molecule has 0 saturated carbocycles. The number of nitrogens with zero attached hydrogens (tertiary/aromatic N) is 1. The number of ether oxygens (including phenoxy) is 2. The molecule has 1 heterocycles. The van der Waals surface area contributed by atoms with Crippen molar-refractivity contribution in [3.8, 4) is 0 Å². The van der Waals surface area contributed by atoms with Gasteiger partial charge in [-0.2, -0.15) is 17.2 Å². The van der Waals surface area contributed by atoms with Gasteiger partial charge in [-0.05, 0) is 13.0 Å². The summed E-state index contributed by atoms with van der Waals surface area (Å²) in [5.74, 6) is -2.13. The molecule has 8 nitrogen and oxygen atoms in total. The molecule has 0 saturated heterocycles. The van der Waals surface area contributed by atoms with Crippen molar-refractivity contribution in [3.05, 3.63) is 29.6 Å². The van der Waals surface area contributed by atoms with Gasteiger partial charge in [0.05, 0.1) is 17.7 Å². The summed E-state index contributed by atoms with van der Waals surface area (Å²) >= 11 is 0. The lowest BCUT2D eigenvalue weighted by atomic mass is 10.2. The van der Waals surface area contributed by atoms with Crippen LogP contribution in [-0.4, -0.2) is 48.4 Å². The number of carbonyl (C=O) groups excluding carboxylic acids is 2. The molecule has 0 unspecified atom stereocenters. The number of esters is 2. The maximum absolute atomic E-state index is 12.9. The van der Waals surface area contributed by atoms with Crippen molar-refractivity contribution in [1.82, 2.24) is 4.98 Å². The molecule has 22 heavy (non-hydrogen) atoms. The molecule has 0 aromatic carbocycles. The zero-order chi connectivity index (χ0) is 17.0. The summed E-state index contributed by atoms with van der Waals surface area (Å²) in [6, 6.07) is 0.985. The predicted molar refractivity (Wildman–Crippen MR) is 67.0 cm³/mol. The Hall–Kier alpha value is -2.14. The van der Waals surface area contributed by atoms with Crippen LogP contribution in [0.1, 0.15) is 27.6 Å². The van der Waals surface area contributed by atoms with E-state index in [1.54, 1.807) is 6.92 Å². The average Bonchev–Trinajstić information content (AvgIpc) is 2.44. The van der Waals surface area contributed by atoms with E-state index in [2.05, 4.69) is 14.5 Å². The first kappa shape index (κ1) is 17.9. The van der Waals surface area contributed by atoms with Crippen molar-refractivity contribution in [2.24, 2.45) is 0 Å². The predicted octanol–water partition coefficient (Wildman–Crippen LogP) is 0.896. The smallest absolute Gasteiger partial charge is 0.402 e. The van der Waals surface area contributed by atoms with E-state index in [4.69, 9.17) is 4.55 Å². The van der Waals surface area contributed by atoms with Crippen LogP contribution in [0.15, 0.2) is 18.5 Å². The molecular weight excluding hydrogens is 328 g/mol. The number of rotatable bonds is 6. The van der Waals surface area contributed by atoms with Crippen LogP contribution in [0.2, 0.25) is 0 Å². The van der Waals surface area contributed by atoms with Gasteiger partial charge in [-0.3, -0.25) is 9.54 Å². The van der Waals surface area contributed by atoms with Crippen molar-refractivity contribution in [3.63, 3.8) is 0 Å². The molecule has 0 atom stereocenters. The molecule has 0 aliphatic carbocycles. The van der Waals surface area contributed by atoms with Gasteiger partial charge in [-0.1, -0.05) is 0 Å². The first-order chi connectivity index (χ1) is 10.1. The van der Waals surface area contributed by atoms with Gasteiger partial charge in [-0.15, -0.1) is 0 Å². The van der Waals surface area contributed by atoms with E-state index in [1.807, 2.05) is 0 Å². The van der Waals surface area contributed by atoms with Crippen LogP contribution in [0, 0.1) is 0 Å². The highest BCUT2D eigenvalue weighted by Crippen LogP contribution is 2.21. The summed E-state index contributed by atoms with van der Waals surface area (Å²) in [7, 11) is -5.71. The van der Waals surface area contributed by atoms with Crippen LogP contribution in [0.4, 0.5) is 8.78 Å². The van der Waals surface area contributed by atoms with Crippen molar-refractivity contribution in [2.75, 3.05) is 13.2 Å². The van der Waals surface area contributed by atoms with E-state index in [1.165, 1.54) is 0 Å². The van der Waals surface area contributed by atoms with E-state index in [9.17, 15) is 26.8 Å². The van der Waals surface area contributed by atoms with Crippen LogP contribution >= 0.6 is 0 Å². The van der Waals surface area contributed by atoms with E-state index < -0.39 is 33.9 Å². The summed E-state index contributed by atoms with van der Waals surface area (Å²) in [6.45, 7) is -0.247. The lowest BCUT2D eigenvalue weighted by molar-refractivity contribution is -0.00953. The van der Waals surface area contributed by atoms with E-state index in [0.717, 1.165) is 18.5 Å². The Bertz CT molecular complexity index is 675. The number of hydrogen-bond donors (Lipinski definition) is 1. The molecule has 0 bridgehead atoms. The molecular formula is C11H11F2NO7S. The maximum Gasteiger partial charge on any atom is 0.402 e. The SMILES string of the molecule is CCOC(=O)c1cncc(C(=O)OCC(F)(F)S(=O)(=O)O)c1. The summed E-state index contributed by atoms with van der Waals surface area (Å²) in [5, 5.41) is -4.64. The molecule has 0 spiro atoms. The van der Waals surface area contributed by atoms with Gasteiger partial charge in [0.2, 0.25) is 0 Å². The number of carbonyl (C=O) groups is 2. The summed E-state index contributed by atoms with van der Waals surface area (Å²) < 4.78 is 63.5. The summed E-state index contributed by atoms with van der Waals surface area (Å²) in [6.07, 6.45) is 2.01. The van der Waals surface area contributed by atoms with Crippen LogP contribution in [-0.2, 0) is 19.6 Å². The zero-order valence-electron chi connectivity index (χ0n) is 11.2. The lowest BCUT2D eigenvalue weighted by Crippen LogP contribution is -2.34. The lowest BCUT2D eigenvalue weighted by Gasteiger charge is -2.13. The van der Waals surface area contributed by atoms with Gasteiger partial charge < -0.3 is 9.47 Å². The quantitative estimate of drug-likeness (QED) is 0.599. The molecule has 122 valence electrons. The molecule has 11 heteroatoms.